The van der Waals surface area contributed by atoms with Crippen molar-refractivity contribution >= 4 is 5.91 Å². The van der Waals surface area contributed by atoms with Gasteiger partial charge in [-0.05, 0) is 43.7 Å². The highest BCUT2D eigenvalue weighted by molar-refractivity contribution is 5.95. The van der Waals surface area contributed by atoms with Gasteiger partial charge in [-0.1, -0.05) is 30.3 Å². The van der Waals surface area contributed by atoms with E-state index in [9.17, 15) is 4.79 Å². The van der Waals surface area contributed by atoms with Crippen molar-refractivity contribution in [1.29, 1.82) is 0 Å². The molecule has 0 unspecified atom stereocenters. The average molecular weight is 347 g/mol. The number of nitrogens with one attached hydrogen (secondary N) is 1. The summed E-state index contributed by atoms with van der Waals surface area (Å²) in [5.41, 5.74) is 3.04. The second-order valence-electron chi connectivity index (χ2n) is 6.03. The van der Waals surface area contributed by atoms with Crippen LogP contribution in [-0.2, 0) is 0 Å². The fourth-order valence-corrected chi connectivity index (χ4v) is 2.67. The van der Waals surface area contributed by atoms with E-state index in [0.29, 0.717) is 17.1 Å². The Morgan fingerprint density at radius 3 is 2.38 bits per heavy atom. The van der Waals surface area contributed by atoms with E-state index < -0.39 is 0 Å². The number of amides is 1. The molecule has 5 nitrogen and oxygen atoms in total. The minimum atomic E-state index is -0.180. The second kappa shape index (κ2) is 7.78. The van der Waals surface area contributed by atoms with Crippen LogP contribution in [0.4, 0.5) is 0 Å². The fraction of sp³-hybridized carbons (Fsp3) is 0.190. The molecule has 1 atom stereocenters. The smallest absolute Gasteiger partial charge is 0.255 e. The van der Waals surface area contributed by atoms with Gasteiger partial charge in [-0.25, -0.2) is 9.97 Å². The normalized spacial score (nSPS) is 11.7. The van der Waals surface area contributed by atoms with Crippen LogP contribution in [-0.4, -0.2) is 23.0 Å². The molecule has 3 rings (SSSR count). The van der Waals surface area contributed by atoms with Crippen LogP contribution < -0.4 is 10.1 Å². The summed E-state index contributed by atoms with van der Waals surface area (Å²) in [6.07, 6.45) is 1.58. The van der Waals surface area contributed by atoms with Gasteiger partial charge in [-0.2, -0.15) is 0 Å². The summed E-state index contributed by atoms with van der Waals surface area (Å²) in [4.78, 5) is 21.4. The molecule has 0 spiro atoms. The monoisotopic (exact) mass is 347 g/mol. The highest BCUT2D eigenvalue weighted by Gasteiger charge is 2.15. The number of ether oxygens (including phenoxy) is 1. The first-order valence-electron chi connectivity index (χ1n) is 8.42. The maximum atomic E-state index is 12.6. The van der Waals surface area contributed by atoms with Crippen LogP contribution in [0.15, 0.2) is 60.8 Å². The van der Waals surface area contributed by atoms with Crippen LogP contribution in [0.3, 0.4) is 0 Å². The lowest BCUT2D eigenvalue weighted by atomic mass is 10.1. The van der Waals surface area contributed by atoms with E-state index in [-0.39, 0.29) is 11.9 Å². The number of nitrogens with zero attached hydrogens (tertiary/aromatic N) is 2. The van der Waals surface area contributed by atoms with E-state index in [0.717, 1.165) is 16.9 Å². The Labute approximate surface area is 153 Å². The quantitative estimate of drug-likeness (QED) is 0.759. The molecule has 3 aromatic rings. The molecular formula is C21H21N3O2. The summed E-state index contributed by atoms with van der Waals surface area (Å²) in [6, 6.07) is 17.2. The van der Waals surface area contributed by atoms with E-state index in [2.05, 4.69) is 15.3 Å². The van der Waals surface area contributed by atoms with Gasteiger partial charge in [0.15, 0.2) is 5.82 Å². The van der Waals surface area contributed by atoms with Gasteiger partial charge in [-0.3, -0.25) is 4.79 Å². The molecule has 5 heteroatoms. The van der Waals surface area contributed by atoms with Crippen molar-refractivity contribution in [2.75, 3.05) is 7.11 Å². The van der Waals surface area contributed by atoms with Gasteiger partial charge in [0, 0.05) is 11.8 Å². The lowest BCUT2D eigenvalue weighted by molar-refractivity contribution is 0.0938. The third-order valence-electron chi connectivity index (χ3n) is 4.22. The predicted octanol–water partition coefficient (Wildman–Crippen LogP) is 3.95. The molecule has 0 aliphatic heterocycles. The molecule has 1 N–H and O–H groups in total. The molecule has 2 aromatic carbocycles. The maximum absolute atomic E-state index is 12.6. The van der Waals surface area contributed by atoms with Gasteiger partial charge >= 0.3 is 0 Å². The summed E-state index contributed by atoms with van der Waals surface area (Å²) < 4.78 is 5.16. The zero-order valence-corrected chi connectivity index (χ0v) is 15.1. The number of hydrogen-bond donors (Lipinski definition) is 1. The number of aryl methyl sites for hydroxylation is 1. The Kier molecular flexibility index (Phi) is 5.27. The number of rotatable bonds is 5. The zero-order chi connectivity index (χ0) is 18.5. The highest BCUT2D eigenvalue weighted by atomic mass is 16.5. The van der Waals surface area contributed by atoms with Gasteiger partial charge in [0.05, 0.1) is 24.4 Å². The molecule has 1 heterocycles. The highest BCUT2D eigenvalue weighted by Crippen LogP contribution is 2.20. The summed E-state index contributed by atoms with van der Waals surface area (Å²) >= 11 is 0. The molecule has 0 bridgehead atoms. The van der Waals surface area contributed by atoms with Crippen molar-refractivity contribution in [1.82, 2.24) is 15.3 Å². The molecule has 132 valence electrons. The molecular weight excluding hydrogens is 326 g/mol. The van der Waals surface area contributed by atoms with Crippen molar-refractivity contribution in [3.63, 3.8) is 0 Å². The lowest BCUT2D eigenvalue weighted by Crippen LogP contribution is -2.27. The number of carbonyl (C=O) groups excluding carboxylic acids is 1. The molecule has 1 amide bonds. The molecule has 0 saturated carbocycles. The average Bonchev–Trinajstić information content (AvgIpc) is 2.68. The number of hydrogen-bond acceptors (Lipinski definition) is 4. The minimum Gasteiger partial charge on any atom is -0.497 e. The number of carbonyl (C=O) groups is 1. The van der Waals surface area contributed by atoms with E-state index in [4.69, 9.17) is 4.74 Å². The van der Waals surface area contributed by atoms with Crippen LogP contribution in [0.2, 0.25) is 0 Å². The largest absolute Gasteiger partial charge is 0.497 e. The van der Waals surface area contributed by atoms with Crippen molar-refractivity contribution < 1.29 is 9.53 Å². The summed E-state index contributed by atoms with van der Waals surface area (Å²) in [5, 5.41) is 2.99. The SMILES string of the molecule is COc1ccc(-c2ncc(C(=O)N[C@H](C)c3ccccc3)c(C)n2)cc1. The third kappa shape index (κ3) is 3.88. The Morgan fingerprint density at radius 2 is 1.77 bits per heavy atom. The second-order valence-corrected chi connectivity index (χ2v) is 6.03. The maximum Gasteiger partial charge on any atom is 0.255 e. The summed E-state index contributed by atoms with van der Waals surface area (Å²) in [7, 11) is 1.62. The van der Waals surface area contributed by atoms with Gasteiger partial charge in [0.1, 0.15) is 5.75 Å². The van der Waals surface area contributed by atoms with Crippen molar-refractivity contribution in [2.24, 2.45) is 0 Å². The predicted molar refractivity (Wildman–Crippen MR) is 101 cm³/mol. The molecule has 0 aliphatic rings. The standard InChI is InChI=1S/C21H21N3O2/c1-14(16-7-5-4-6-8-16)24-21(25)19-13-22-20(23-15(19)2)17-9-11-18(26-3)12-10-17/h4-14H,1-3H3,(H,24,25)/t14-/m1/s1. The Hall–Kier alpha value is -3.21. The van der Waals surface area contributed by atoms with E-state index in [1.807, 2.05) is 68.4 Å². The van der Waals surface area contributed by atoms with Crippen molar-refractivity contribution in [3.05, 3.63) is 77.6 Å². The van der Waals surface area contributed by atoms with Crippen LogP contribution >= 0.6 is 0 Å². The first-order chi connectivity index (χ1) is 12.6. The van der Waals surface area contributed by atoms with E-state index in [1.54, 1.807) is 13.3 Å². The molecule has 1 aromatic heterocycles. The molecule has 0 saturated heterocycles. The fourth-order valence-electron chi connectivity index (χ4n) is 2.67. The third-order valence-corrected chi connectivity index (χ3v) is 4.22. The van der Waals surface area contributed by atoms with Gasteiger partial charge in [0.2, 0.25) is 0 Å². The van der Waals surface area contributed by atoms with Gasteiger partial charge in [-0.15, -0.1) is 0 Å². The van der Waals surface area contributed by atoms with E-state index >= 15 is 0 Å². The van der Waals surface area contributed by atoms with E-state index in [1.165, 1.54) is 0 Å². The Morgan fingerprint density at radius 1 is 1.08 bits per heavy atom. The van der Waals surface area contributed by atoms with Crippen LogP contribution in [0.25, 0.3) is 11.4 Å². The molecule has 0 aliphatic carbocycles. The number of methoxy groups -OCH3 is 1. The van der Waals surface area contributed by atoms with Crippen LogP contribution in [0, 0.1) is 6.92 Å². The van der Waals surface area contributed by atoms with Crippen LogP contribution in [0.1, 0.15) is 34.6 Å². The first-order valence-corrected chi connectivity index (χ1v) is 8.42. The minimum absolute atomic E-state index is 0.0932. The summed E-state index contributed by atoms with van der Waals surface area (Å²) in [5.74, 6) is 1.18. The molecule has 0 fully saturated rings. The zero-order valence-electron chi connectivity index (χ0n) is 15.1. The number of benzene rings is 2. The molecule has 26 heavy (non-hydrogen) atoms. The lowest BCUT2D eigenvalue weighted by Gasteiger charge is -2.15. The summed E-state index contributed by atoms with van der Waals surface area (Å²) in [6.45, 7) is 3.77. The van der Waals surface area contributed by atoms with Gasteiger partial charge in [0.25, 0.3) is 5.91 Å². The Balaban J connectivity index is 1.77. The van der Waals surface area contributed by atoms with Crippen molar-refractivity contribution in [2.45, 2.75) is 19.9 Å². The first kappa shape index (κ1) is 17.6. The Bertz CT molecular complexity index is 893. The molecule has 0 radical (unpaired) electrons. The topological polar surface area (TPSA) is 64.1 Å². The number of aromatic nitrogens is 2. The van der Waals surface area contributed by atoms with Crippen LogP contribution in [0.5, 0.6) is 5.75 Å². The van der Waals surface area contributed by atoms with Crippen molar-refractivity contribution in [3.8, 4) is 17.1 Å². The van der Waals surface area contributed by atoms with Gasteiger partial charge < -0.3 is 10.1 Å².